The molecular weight excluding hydrogens is 456 g/mol. The molecule has 1 aromatic carbocycles. The van der Waals surface area contributed by atoms with Crippen molar-refractivity contribution in [2.45, 2.75) is 61.8 Å². The van der Waals surface area contributed by atoms with Crippen molar-refractivity contribution in [1.82, 2.24) is 9.62 Å². The van der Waals surface area contributed by atoms with Crippen LogP contribution in [0.2, 0.25) is 0 Å². The number of aryl methyl sites for hydroxylation is 1. The van der Waals surface area contributed by atoms with Crippen molar-refractivity contribution >= 4 is 21.9 Å². The van der Waals surface area contributed by atoms with Crippen LogP contribution in [-0.2, 0) is 35.5 Å². The van der Waals surface area contributed by atoms with Crippen LogP contribution in [0.1, 0.15) is 50.5 Å². The lowest BCUT2D eigenvalue weighted by Crippen LogP contribution is -2.60. The van der Waals surface area contributed by atoms with Gasteiger partial charge in [0.05, 0.1) is 18.1 Å². The van der Waals surface area contributed by atoms with Gasteiger partial charge in [-0.2, -0.15) is 4.31 Å². The van der Waals surface area contributed by atoms with Crippen LogP contribution < -0.4 is 5.32 Å². The van der Waals surface area contributed by atoms with Crippen LogP contribution >= 0.6 is 0 Å². The summed E-state index contributed by atoms with van der Waals surface area (Å²) in [7, 11) is -3.53. The molecule has 9 heteroatoms. The van der Waals surface area contributed by atoms with Crippen molar-refractivity contribution in [3.8, 4) is 0 Å². The zero-order chi connectivity index (χ0) is 23.8. The first-order chi connectivity index (χ1) is 16.3. The predicted octanol–water partition coefficient (Wildman–Crippen LogP) is 2.27. The van der Waals surface area contributed by atoms with E-state index in [0.29, 0.717) is 32.7 Å². The number of morpholine rings is 1. The van der Waals surface area contributed by atoms with Gasteiger partial charge in [0.15, 0.2) is 6.61 Å². The van der Waals surface area contributed by atoms with E-state index in [1.165, 1.54) is 23.6 Å². The summed E-state index contributed by atoms with van der Waals surface area (Å²) in [6.45, 7) is 1.27. The number of esters is 1. The Labute approximate surface area is 201 Å². The van der Waals surface area contributed by atoms with Gasteiger partial charge in [-0.3, -0.25) is 9.59 Å². The highest BCUT2D eigenvalue weighted by Crippen LogP contribution is 2.55. The molecule has 0 unspecified atom stereocenters. The van der Waals surface area contributed by atoms with Crippen LogP contribution in [0.15, 0.2) is 29.2 Å². The lowest BCUT2D eigenvalue weighted by atomic mass is 9.53. The molecule has 186 valence electrons. The zero-order valence-corrected chi connectivity index (χ0v) is 20.4. The van der Waals surface area contributed by atoms with E-state index < -0.39 is 16.0 Å². The van der Waals surface area contributed by atoms with Crippen LogP contribution in [0, 0.1) is 17.8 Å². The fourth-order valence-corrected chi connectivity index (χ4v) is 8.23. The maximum atomic E-state index is 12.7. The summed E-state index contributed by atoms with van der Waals surface area (Å²) in [4.78, 5) is 25.0. The largest absolute Gasteiger partial charge is 0.456 e. The van der Waals surface area contributed by atoms with Gasteiger partial charge in [-0.25, -0.2) is 8.42 Å². The third kappa shape index (κ3) is 5.16. The summed E-state index contributed by atoms with van der Waals surface area (Å²) in [6.07, 6.45) is 7.69. The summed E-state index contributed by atoms with van der Waals surface area (Å²) in [5.41, 5.74) is 0.762. The summed E-state index contributed by atoms with van der Waals surface area (Å²) in [6, 6.07) is 6.59. The van der Waals surface area contributed by atoms with Gasteiger partial charge >= 0.3 is 5.97 Å². The molecule has 1 aromatic rings. The van der Waals surface area contributed by atoms with Crippen molar-refractivity contribution in [2.24, 2.45) is 17.8 Å². The lowest BCUT2D eigenvalue weighted by molar-refractivity contribution is -0.150. The van der Waals surface area contributed by atoms with E-state index in [9.17, 15) is 18.0 Å². The number of hydrogen-bond donors (Lipinski definition) is 1. The monoisotopic (exact) mass is 490 g/mol. The number of amides is 1. The Bertz CT molecular complexity index is 981. The molecule has 0 atom stereocenters. The minimum Gasteiger partial charge on any atom is -0.456 e. The van der Waals surface area contributed by atoms with Crippen LogP contribution in [0.4, 0.5) is 0 Å². The summed E-state index contributed by atoms with van der Waals surface area (Å²) < 4.78 is 37.3. The van der Waals surface area contributed by atoms with E-state index in [1.807, 2.05) is 0 Å². The van der Waals surface area contributed by atoms with E-state index in [0.717, 1.165) is 42.6 Å². The Balaban J connectivity index is 1.06. The van der Waals surface area contributed by atoms with Gasteiger partial charge in [-0.1, -0.05) is 12.1 Å². The van der Waals surface area contributed by atoms with Crippen molar-refractivity contribution in [1.29, 1.82) is 0 Å². The fraction of sp³-hybridized carbons (Fsp3) is 0.680. The van der Waals surface area contributed by atoms with Crippen molar-refractivity contribution in [3.05, 3.63) is 29.8 Å². The fourth-order valence-electron chi connectivity index (χ4n) is 6.82. The Morgan fingerprint density at radius 1 is 1.00 bits per heavy atom. The first kappa shape index (κ1) is 23.8. The smallest absolute Gasteiger partial charge is 0.306 e. The Morgan fingerprint density at radius 2 is 1.59 bits per heavy atom. The summed E-state index contributed by atoms with van der Waals surface area (Å²) in [5, 5.41) is 3.22. The molecule has 0 radical (unpaired) electrons. The third-order valence-electron chi connectivity index (χ3n) is 7.96. The molecule has 1 saturated heterocycles. The van der Waals surface area contributed by atoms with Crippen molar-refractivity contribution < 1.29 is 27.5 Å². The SMILES string of the molecule is O=C(COC(=O)CCc1ccc(S(=O)(=O)N2CCOCC2)cc1)NC12CC3CC(CC(C3)C1)C2. The highest BCUT2D eigenvalue weighted by molar-refractivity contribution is 7.89. The second-order valence-electron chi connectivity index (χ2n) is 10.6. The number of carbonyl (C=O) groups excluding carboxylic acids is 2. The van der Waals surface area contributed by atoms with Crippen LogP contribution in [0.5, 0.6) is 0 Å². The molecule has 5 aliphatic rings. The second-order valence-corrected chi connectivity index (χ2v) is 12.5. The van der Waals surface area contributed by atoms with Crippen LogP contribution in [0.25, 0.3) is 0 Å². The Hall–Kier alpha value is -1.97. The molecule has 6 rings (SSSR count). The molecule has 1 heterocycles. The minimum absolute atomic E-state index is 0.0818. The number of sulfonamides is 1. The maximum Gasteiger partial charge on any atom is 0.306 e. The quantitative estimate of drug-likeness (QED) is 0.561. The maximum absolute atomic E-state index is 12.7. The zero-order valence-electron chi connectivity index (χ0n) is 19.5. The number of hydrogen-bond acceptors (Lipinski definition) is 6. The van der Waals surface area contributed by atoms with E-state index in [2.05, 4.69) is 5.32 Å². The van der Waals surface area contributed by atoms with Crippen molar-refractivity contribution in [2.75, 3.05) is 32.9 Å². The lowest BCUT2D eigenvalue weighted by Gasteiger charge is -2.56. The third-order valence-corrected chi connectivity index (χ3v) is 9.87. The van der Waals surface area contributed by atoms with Crippen molar-refractivity contribution in [3.63, 3.8) is 0 Å². The van der Waals surface area contributed by atoms with E-state index >= 15 is 0 Å². The number of ether oxygens (including phenoxy) is 2. The normalized spacial score (nSPS) is 30.8. The first-order valence-corrected chi connectivity index (χ1v) is 13.9. The van der Waals surface area contributed by atoms with Gasteiger partial charge < -0.3 is 14.8 Å². The summed E-state index contributed by atoms with van der Waals surface area (Å²) >= 11 is 0. The number of carbonyl (C=O) groups is 2. The number of nitrogens with zero attached hydrogens (tertiary/aromatic N) is 1. The highest BCUT2D eigenvalue weighted by atomic mass is 32.2. The molecule has 4 aliphatic carbocycles. The standard InChI is InChI=1S/C25H34N2O6S/c28-23(26-25-14-19-11-20(15-25)13-21(12-19)16-25)17-33-24(29)6-3-18-1-4-22(5-2-18)34(30,31)27-7-9-32-10-8-27/h1-2,4-5,19-21H,3,6-17H2,(H,26,28). The van der Waals surface area contributed by atoms with Gasteiger partial charge in [0.2, 0.25) is 10.0 Å². The van der Waals surface area contributed by atoms with Gasteiger partial charge in [-0.15, -0.1) is 0 Å². The highest BCUT2D eigenvalue weighted by Gasteiger charge is 2.51. The van der Waals surface area contributed by atoms with Gasteiger partial charge in [0.25, 0.3) is 5.91 Å². The Morgan fingerprint density at radius 3 is 2.18 bits per heavy atom. The molecular formula is C25H34N2O6S. The average Bonchev–Trinajstić information content (AvgIpc) is 2.81. The molecule has 0 aromatic heterocycles. The Kier molecular flexibility index (Phi) is 6.70. The van der Waals surface area contributed by atoms with E-state index in [4.69, 9.17) is 9.47 Å². The number of benzene rings is 1. The van der Waals surface area contributed by atoms with Crippen LogP contribution in [-0.4, -0.2) is 63.0 Å². The van der Waals surface area contributed by atoms with E-state index in [-0.39, 0.29) is 29.4 Å². The molecule has 4 saturated carbocycles. The minimum atomic E-state index is -3.53. The molecule has 1 amide bonds. The van der Waals surface area contributed by atoms with Gasteiger partial charge in [0, 0.05) is 25.0 Å². The first-order valence-electron chi connectivity index (χ1n) is 12.4. The molecule has 1 aliphatic heterocycles. The number of nitrogens with one attached hydrogen (secondary N) is 1. The predicted molar refractivity (Wildman–Crippen MR) is 124 cm³/mol. The molecule has 1 N–H and O–H groups in total. The number of rotatable bonds is 8. The molecule has 0 spiro atoms. The average molecular weight is 491 g/mol. The molecule has 5 fully saturated rings. The van der Waals surface area contributed by atoms with E-state index in [1.54, 1.807) is 24.3 Å². The molecule has 4 bridgehead atoms. The van der Waals surface area contributed by atoms with Crippen LogP contribution in [0.3, 0.4) is 0 Å². The van der Waals surface area contributed by atoms with Gasteiger partial charge in [0.1, 0.15) is 0 Å². The second kappa shape index (κ2) is 9.59. The topological polar surface area (TPSA) is 102 Å². The molecule has 8 nitrogen and oxygen atoms in total. The van der Waals surface area contributed by atoms with Gasteiger partial charge in [-0.05, 0) is 80.4 Å². The molecule has 34 heavy (non-hydrogen) atoms. The summed E-state index contributed by atoms with van der Waals surface area (Å²) in [5.74, 6) is 1.59.